The van der Waals surface area contributed by atoms with Crippen molar-refractivity contribution >= 4 is 11.2 Å². The van der Waals surface area contributed by atoms with Gasteiger partial charge in [-0.15, -0.1) is 0 Å². The van der Waals surface area contributed by atoms with Gasteiger partial charge in [0.25, 0.3) is 0 Å². The topological polar surface area (TPSA) is 55.8 Å². The first-order valence-corrected chi connectivity index (χ1v) is 10.3. The summed E-state index contributed by atoms with van der Waals surface area (Å²) in [6.45, 7) is 5.34. The molecule has 5 nitrogen and oxygen atoms in total. The van der Waals surface area contributed by atoms with Gasteiger partial charge in [-0.2, -0.15) is 0 Å². The molecular formula is C25H28N4O. The lowest BCUT2D eigenvalue weighted by molar-refractivity contribution is 0.154. The van der Waals surface area contributed by atoms with E-state index >= 15 is 0 Å². The molecule has 0 bridgehead atoms. The van der Waals surface area contributed by atoms with Crippen molar-refractivity contribution in [3.8, 4) is 0 Å². The van der Waals surface area contributed by atoms with Crippen LogP contribution in [0.15, 0.2) is 66.9 Å². The van der Waals surface area contributed by atoms with Crippen LogP contribution in [0.1, 0.15) is 28.3 Å². The summed E-state index contributed by atoms with van der Waals surface area (Å²) in [5.74, 6) is 0. The summed E-state index contributed by atoms with van der Waals surface area (Å²) in [5.41, 5.74) is 7.11. The summed E-state index contributed by atoms with van der Waals surface area (Å²) < 4.78 is 9.61. The predicted molar refractivity (Wildman–Crippen MR) is 120 cm³/mol. The number of fused-ring (bicyclic) bond motifs is 1. The molecule has 0 fully saturated rings. The second-order valence-corrected chi connectivity index (χ2v) is 7.91. The first kappa shape index (κ1) is 20.1. The SMILES string of the molecule is COCC(Cc1ccc(C)cc1)n1c(=N)n(Cc2ccc(C)cc2)c2cccnc21. The molecule has 0 saturated heterocycles. The molecule has 0 spiro atoms. The van der Waals surface area contributed by atoms with Crippen LogP contribution in [0.5, 0.6) is 0 Å². The van der Waals surface area contributed by atoms with E-state index in [4.69, 9.17) is 10.1 Å². The number of hydrogen-bond acceptors (Lipinski definition) is 3. The van der Waals surface area contributed by atoms with Gasteiger partial charge in [-0.25, -0.2) is 4.98 Å². The molecule has 30 heavy (non-hydrogen) atoms. The van der Waals surface area contributed by atoms with E-state index < -0.39 is 0 Å². The first-order chi connectivity index (χ1) is 14.6. The van der Waals surface area contributed by atoms with Gasteiger partial charge in [-0.05, 0) is 43.5 Å². The van der Waals surface area contributed by atoms with Crippen molar-refractivity contribution in [1.29, 1.82) is 5.41 Å². The Morgan fingerprint density at radius 2 is 1.57 bits per heavy atom. The molecule has 0 saturated carbocycles. The molecule has 4 rings (SSSR count). The number of ether oxygens (including phenoxy) is 1. The highest BCUT2D eigenvalue weighted by Gasteiger charge is 2.20. The summed E-state index contributed by atoms with van der Waals surface area (Å²) in [7, 11) is 1.71. The minimum absolute atomic E-state index is 0.0122. The maximum Gasteiger partial charge on any atom is 0.204 e. The van der Waals surface area contributed by atoms with Crippen LogP contribution in [0, 0.1) is 19.3 Å². The maximum absolute atomic E-state index is 9.01. The van der Waals surface area contributed by atoms with Crippen LogP contribution < -0.4 is 5.62 Å². The normalized spacial score (nSPS) is 12.4. The van der Waals surface area contributed by atoms with Gasteiger partial charge in [0, 0.05) is 13.3 Å². The van der Waals surface area contributed by atoms with Gasteiger partial charge < -0.3 is 9.30 Å². The maximum atomic E-state index is 9.01. The molecule has 4 aromatic rings. The van der Waals surface area contributed by atoms with Crippen LogP contribution >= 0.6 is 0 Å². The van der Waals surface area contributed by atoms with Gasteiger partial charge in [0.05, 0.1) is 24.7 Å². The van der Waals surface area contributed by atoms with Crippen LogP contribution in [0.2, 0.25) is 0 Å². The Hall–Kier alpha value is -3.18. The highest BCUT2D eigenvalue weighted by atomic mass is 16.5. The number of hydrogen-bond donors (Lipinski definition) is 1. The summed E-state index contributed by atoms with van der Waals surface area (Å²) in [6, 6.07) is 21.0. The lowest BCUT2D eigenvalue weighted by Crippen LogP contribution is -2.31. The van der Waals surface area contributed by atoms with Crippen molar-refractivity contribution in [1.82, 2.24) is 14.1 Å². The molecule has 1 atom stereocenters. The molecule has 1 N–H and O–H groups in total. The third-order valence-electron chi connectivity index (χ3n) is 5.55. The molecule has 0 aliphatic carbocycles. The summed E-state index contributed by atoms with van der Waals surface area (Å²) in [5, 5.41) is 9.01. The van der Waals surface area contributed by atoms with Crippen molar-refractivity contribution in [2.45, 2.75) is 32.9 Å². The molecule has 2 aromatic heterocycles. The van der Waals surface area contributed by atoms with Crippen molar-refractivity contribution in [2.24, 2.45) is 0 Å². The lowest BCUT2D eigenvalue weighted by Gasteiger charge is -2.19. The minimum Gasteiger partial charge on any atom is -0.383 e. The monoisotopic (exact) mass is 400 g/mol. The largest absolute Gasteiger partial charge is 0.383 e. The molecule has 0 aliphatic rings. The Morgan fingerprint density at radius 1 is 0.933 bits per heavy atom. The zero-order chi connectivity index (χ0) is 21.1. The Kier molecular flexibility index (Phi) is 5.81. The van der Waals surface area contributed by atoms with E-state index in [0.717, 1.165) is 17.6 Å². The number of nitrogens with zero attached hydrogens (tertiary/aromatic N) is 3. The number of aromatic nitrogens is 3. The Bertz CT molecular complexity index is 1190. The minimum atomic E-state index is -0.0122. The Labute approximate surface area is 177 Å². The third kappa shape index (κ3) is 4.07. The lowest BCUT2D eigenvalue weighted by atomic mass is 10.0. The number of nitrogens with one attached hydrogen (secondary N) is 1. The van der Waals surface area contributed by atoms with Gasteiger partial charge in [-0.1, -0.05) is 59.7 Å². The zero-order valence-electron chi connectivity index (χ0n) is 17.8. The molecule has 154 valence electrons. The Morgan fingerprint density at radius 3 is 2.20 bits per heavy atom. The molecular weight excluding hydrogens is 372 g/mol. The van der Waals surface area contributed by atoms with Gasteiger partial charge in [0.2, 0.25) is 5.62 Å². The molecule has 5 heteroatoms. The van der Waals surface area contributed by atoms with Gasteiger partial charge in [0.15, 0.2) is 5.65 Å². The first-order valence-electron chi connectivity index (χ1n) is 10.3. The molecule has 2 aromatic carbocycles. The number of imidazole rings is 1. The molecule has 0 amide bonds. The van der Waals surface area contributed by atoms with Gasteiger partial charge in [0.1, 0.15) is 0 Å². The van der Waals surface area contributed by atoms with E-state index in [0.29, 0.717) is 18.8 Å². The molecule has 1 unspecified atom stereocenters. The highest BCUT2D eigenvalue weighted by molar-refractivity contribution is 5.71. The standard InChI is InChI=1S/C25H28N4O/c1-18-6-10-20(11-7-18)15-22(17-30-3)29-24-23(5-4-14-27-24)28(25(29)26)16-21-12-8-19(2)9-13-21/h4-14,22,26H,15-17H2,1-3H3. The molecule has 0 radical (unpaired) electrons. The zero-order valence-corrected chi connectivity index (χ0v) is 17.8. The summed E-state index contributed by atoms with van der Waals surface area (Å²) in [6.07, 6.45) is 2.58. The molecule has 0 aliphatic heterocycles. The van der Waals surface area contributed by atoms with Gasteiger partial charge in [-0.3, -0.25) is 9.98 Å². The third-order valence-corrected chi connectivity index (χ3v) is 5.55. The molecule has 2 heterocycles. The second kappa shape index (κ2) is 8.67. The van der Waals surface area contributed by atoms with Crippen LogP contribution in [-0.2, 0) is 17.7 Å². The average Bonchev–Trinajstić information content (AvgIpc) is 3.02. The van der Waals surface area contributed by atoms with Crippen LogP contribution in [0.25, 0.3) is 11.2 Å². The number of rotatable bonds is 7. The fourth-order valence-electron chi connectivity index (χ4n) is 3.92. The van der Waals surface area contributed by atoms with Crippen molar-refractivity contribution in [3.63, 3.8) is 0 Å². The average molecular weight is 401 g/mol. The van der Waals surface area contributed by atoms with E-state index in [1.165, 1.54) is 22.3 Å². The number of aryl methyl sites for hydroxylation is 2. The quantitative estimate of drug-likeness (QED) is 0.499. The van der Waals surface area contributed by atoms with E-state index in [9.17, 15) is 0 Å². The van der Waals surface area contributed by atoms with Crippen LogP contribution in [-0.4, -0.2) is 27.8 Å². The fraction of sp³-hybridized carbons (Fsp3) is 0.280. The fourth-order valence-corrected chi connectivity index (χ4v) is 3.92. The van der Waals surface area contributed by atoms with Gasteiger partial charge >= 0.3 is 0 Å². The van der Waals surface area contributed by atoms with E-state index in [1.807, 2.05) is 21.3 Å². The number of benzene rings is 2. The van der Waals surface area contributed by atoms with Crippen molar-refractivity contribution in [3.05, 3.63) is 94.7 Å². The highest BCUT2D eigenvalue weighted by Crippen LogP contribution is 2.20. The van der Waals surface area contributed by atoms with Crippen LogP contribution in [0.3, 0.4) is 0 Å². The number of methoxy groups -OCH3 is 1. The summed E-state index contributed by atoms with van der Waals surface area (Å²) >= 11 is 0. The Balaban J connectivity index is 1.78. The van der Waals surface area contributed by atoms with Crippen molar-refractivity contribution in [2.75, 3.05) is 13.7 Å². The number of pyridine rings is 1. The second-order valence-electron chi connectivity index (χ2n) is 7.91. The van der Waals surface area contributed by atoms with E-state index in [2.05, 4.69) is 67.4 Å². The van der Waals surface area contributed by atoms with Crippen LogP contribution in [0.4, 0.5) is 0 Å². The predicted octanol–water partition coefficient (Wildman–Crippen LogP) is 4.41. The summed E-state index contributed by atoms with van der Waals surface area (Å²) in [4.78, 5) is 4.64. The van der Waals surface area contributed by atoms with E-state index in [1.54, 1.807) is 13.3 Å². The van der Waals surface area contributed by atoms with Crippen molar-refractivity contribution < 1.29 is 4.74 Å². The van der Waals surface area contributed by atoms with E-state index in [-0.39, 0.29) is 6.04 Å². The smallest absolute Gasteiger partial charge is 0.204 e.